The van der Waals surface area contributed by atoms with Crippen molar-refractivity contribution in [2.45, 2.75) is 34.7 Å². The van der Waals surface area contributed by atoms with Crippen LogP contribution in [0.3, 0.4) is 0 Å². The number of nitrogens with zero attached hydrogens (tertiary/aromatic N) is 3. The molecule has 0 saturated carbocycles. The van der Waals surface area contributed by atoms with Gasteiger partial charge in [0.25, 0.3) is 0 Å². The van der Waals surface area contributed by atoms with Gasteiger partial charge in [-0.2, -0.15) is 0 Å². The summed E-state index contributed by atoms with van der Waals surface area (Å²) < 4.78 is 33.7. The van der Waals surface area contributed by atoms with Gasteiger partial charge in [-0.25, -0.2) is 13.5 Å². The molecule has 32 heavy (non-hydrogen) atoms. The lowest BCUT2D eigenvalue weighted by Gasteiger charge is -2.41. The standard InChI is InChI=1S/C20H17Cl2F2N3O4S/c21-11-3-2-10(6-12(11)22)32-20-19(30)17(18(29)16(8-28)31-20)27-7-15(25-26-27)9-1-4-13(23)14(24)5-9/h1-7,16-20,28-30H,8H2/t16-,17+,18+,19-,20-/m1/s1. The van der Waals surface area contributed by atoms with Crippen LogP contribution in [0.2, 0.25) is 10.0 Å². The molecular formula is C20H17Cl2F2N3O4S. The number of benzene rings is 2. The predicted molar refractivity (Wildman–Crippen MR) is 114 cm³/mol. The van der Waals surface area contributed by atoms with Gasteiger partial charge in [-0.05, 0) is 36.4 Å². The first kappa shape index (κ1) is 23.4. The molecule has 0 radical (unpaired) electrons. The lowest BCUT2D eigenvalue weighted by molar-refractivity contribution is -0.178. The van der Waals surface area contributed by atoms with Crippen molar-refractivity contribution in [1.82, 2.24) is 15.0 Å². The summed E-state index contributed by atoms with van der Waals surface area (Å²) >= 11 is 13.1. The molecule has 2 heterocycles. The Labute approximate surface area is 195 Å². The molecule has 2 aromatic carbocycles. The zero-order chi connectivity index (χ0) is 23.0. The Kier molecular flexibility index (Phi) is 7.01. The second kappa shape index (κ2) is 9.60. The van der Waals surface area contributed by atoms with Gasteiger partial charge in [-0.1, -0.05) is 40.2 Å². The molecule has 0 amide bonds. The van der Waals surface area contributed by atoms with E-state index in [1.54, 1.807) is 18.2 Å². The monoisotopic (exact) mass is 503 g/mol. The summed E-state index contributed by atoms with van der Waals surface area (Å²) in [6, 6.07) is 7.14. The Hall–Kier alpha value is -1.79. The maximum absolute atomic E-state index is 13.6. The van der Waals surface area contributed by atoms with E-state index in [9.17, 15) is 24.1 Å². The molecule has 12 heteroatoms. The number of ether oxygens (including phenoxy) is 1. The fourth-order valence-corrected chi connectivity index (χ4v) is 4.83. The quantitative estimate of drug-likeness (QED) is 0.490. The number of aliphatic hydroxyl groups is 3. The molecule has 3 N–H and O–H groups in total. The van der Waals surface area contributed by atoms with E-state index in [4.69, 9.17) is 27.9 Å². The van der Waals surface area contributed by atoms with E-state index in [0.29, 0.717) is 14.9 Å². The van der Waals surface area contributed by atoms with E-state index in [0.717, 1.165) is 23.9 Å². The van der Waals surface area contributed by atoms with Crippen molar-refractivity contribution in [3.63, 3.8) is 0 Å². The minimum atomic E-state index is -1.32. The number of aliphatic hydroxyl groups excluding tert-OH is 3. The first-order valence-electron chi connectivity index (χ1n) is 9.40. The molecule has 3 aromatic rings. The zero-order valence-electron chi connectivity index (χ0n) is 16.1. The second-order valence-corrected chi connectivity index (χ2v) is 9.09. The number of hydrogen-bond acceptors (Lipinski definition) is 7. The molecule has 7 nitrogen and oxygen atoms in total. The third kappa shape index (κ3) is 4.62. The van der Waals surface area contributed by atoms with Crippen molar-refractivity contribution in [2.24, 2.45) is 0 Å². The maximum atomic E-state index is 13.6. The Morgan fingerprint density at radius 1 is 1.03 bits per heavy atom. The van der Waals surface area contributed by atoms with Gasteiger partial charge in [0, 0.05) is 10.5 Å². The van der Waals surface area contributed by atoms with E-state index in [1.807, 2.05) is 0 Å². The molecule has 1 aliphatic heterocycles. The van der Waals surface area contributed by atoms with E-state index in [1.165, 1.54) is 16.9 Å². The summed E-state index contributed by atoms with van der Waals surface area (Å²) in [6.45, 7) is -0.506. The molecule has 0 spiro atoms. The van der Waals surface area contributed by atoms with Crippen LogP contribution in [-0.4, -0.2) is 60.7 Å². The van der Waals surface area contributed by atoms with E-state index < -0.39 is 48.0 Å². The molecule has 1 saturated heterocycles. The minimum Gasteiger partial charge on any atom is -0.394 e. The topological polar surface area (TPSA) is 101 Å². The molecule has 1 fully saturated rings. The van der Waals surface area contributed by atoms with Crippen LogP contribution in [0.4, 0.5) is 8.78 Å². The maximum Gasteiger partial charge on any atom is 0.159 e. The first-order chi connectivity index (χ1) is 15.3. The van der Waals surface area contributed by atoms with Crippen LogP contribution in [0.1, 0.15) is 6.04 Å². The molecule has 5 atom stereocenters. The zero-order valence-corrected chi connectivity index (χ0v) is 18.5. The molecule has 1 aromatic heterocycles. The summed E-state index contributed by atoms with van der Waals surface area (Å²) in [5.74, 6) is -2.04. The minimum absolute atomic E-state index is 0.212. The van der Waals surface area contributed by atoms with Crippen LogP contribution < -0.4 is 0 Å². The van der Waals surface area contributed by atoms with Gasteiger partial charge in [-0.3, -0.25) is 0 Å². The second-order valence-electron chi connectivity index (χ2n) is 7.10. The number of rotatable bonds is 5. The summed E-state index contributed by atoms with van der Waals surface area (Å²) in [6.07, 6.45) is -2.21. The summed E-state index contributed by atoms with van der Waals surface area (Å²) in [7, 11) is 0. The average molecular weight is 504 g/mol. The Bertz CT molecular complexity index is 1120. The average Bonchev–Trinajstić information content (AvgIpc) is 3.24. The highest BCUT2D eigenvalue weighted by Crippen LogP contribution is 2.39. The van der Waals surface area contributed by atoms with Crippen molar-refractivity contribution in [3.8, 4) is 11.3 Å². The number of hydrogen-bond donors (Lipinski definition) is 3. The van der Waals surface area contributed by atoms with E-state index >= 15 is 0 Å². The van der Waals surface area contributed by atoms with E-state index in [2.05, 4.69) is 10.3 Å². The van der Waals surface area contributed by atoms with Crippen LogP contribution in [-0.2, 0) is 4.74 Å². The fourth-order valence-electron chi connectivity index (χ4n) is 3.37. The molecule has 0 aliphatic carbocycles. The highest BCUT2D eigenvalue weighted by molar-refractivity contribution is 7.99. The van der Waals surface area contributed by atoms with Gasteiger partial charge in [0.1, 0.15) is 35.5 Å². The highest BCUT2D eigenvalue weighted by atomic mass is 35.5. The van der Waals surface area contributed by atoms with Crippen LogP contribution in [0, 0.1) is 11.6 Å². The Balaban J connectivity index is 1.62. The van der Waals surface area contributed by atoms with Crippen molar-refractivity contribution in [2.75, 3.05) is 6.61 Å². The highest BCUT2D eigenvalue weighted by Gasteiger charge is 2.46. The molecular weight excluding hydrogens is 487 g/mol. The first-order valence-corrected chi connectivity index (χ1v) is 11.0. The summed E-state index contributed by atoms with van der Waals surface area (Å²) in [4.78, 5) is 0.649. The molecule has 0 bridgehead atoms. The number of thioether (sulfide) groups is 1. The van der Waals surface area contributed by atoms with Gasteiger partial charge in [0.2, 0.25) is 0 Å². The Morgan fingerprint density at radius 3 is 2.50 bits per heavy atom. The fraction of sp³-hybridized carbons (Fsp3) is 0.300. The third-order valence-corrected chi connectivity index (χ3v) is 6.91. The summed E-state index contributed by atoms with van der Waals surface area (Å²) in [5, 5.41) is 39.9. The van der Waals surface area contributed by atoms with Crippen LogP contribution in [0.25, 0.3) is 11.3 Å². The van der Waals surface area contributed by atoms with Crippen molar-refractivity contribution >= 4 is 35.0 Å². The van der Waals surface area contributed by atoms with Crippen molar-refractivity contribution in [1.29, 1.82) is 0 Å². The predicted octanol–water partition coefficient (Wildman–Crippen LogP) is 3.30. The van der Waals surface area contributed by atoms with Crippen molar-refractivity contribution < 1.29 is 28.8 Å². The van der Waals surface area contributed by atoms with Crippen LogP contribution in [0.15, 0.2) is 47.5 Å². The lowest BCUT2D eigenvalue weighted by Crippen LogP contribution is -2.55. The van der Waals surface area contributed by atoms with Gasteiger partial charge in [0.05, 0.1) is 22.8 Å². The SMILES string of the molecule is OC[C@H]1O[C@H](Sc2ccc(Cl)c(Cl)c2)[C@H](O)[C@@H](n2cc(-c3ccc(F)c(F)c3)nn2)[C@H]1O. The molecule has 4 rings (SSSR count). The smallest absolute Gasteiger partial charge is 0.159 e. The van der Waals surface area contributed by atoms with E-state index in [-0.39, 0.29) is 11.3 Å². The third-order valence-electron chi connectivity index (χ3n) is 5.02. The number of halogens is 4. The van der Waals surface area contributed by atoms with Gasteiger partial charge >= 0.3 is 0 Å². The van der Waals surface area contributed by atoms with Gasteiger partial charge < -0.3 is 20.1 Å². The van der Waals surface area contributed by atoms with Crippen molar-refractivity contribution in [3.05, 3.63) is 64.3 Å². The van der Waals surface area contributed by atoms with Crippen LogP contribution in [0.5, 0.6) is 0 Å². The lowest BCUT2D eigenvalue weighted by atomic mass is 9.97. The Morgan fingerprint density at radius 2 is 1.81 bits per heavy atom. The number of aromatic nitrogens is 3. The summed E-state index contributed by atoms with van der Waals surface area (Å²) in [5.41, 5.74) is -0.413. The molecule has 170 valence electrons. The molecule has 1 aliphatic rings. The van der Waals surface area contributed by atoms with Gasteiger partial charge in [-0.15, -0.1) is 5.10 Å². The van der Waals surface area contributed by atoms with Gasteiger partial charge in [0.15, 0.2) is 11.6 Å². The normalized spacial score (nSPS) is 25.8. The molecule has 0 unspecified atom stereocenters. The largest absolute Gasteiger partial charge is 0.394 e. The van der Waals surface area contributed by atoms with Crippen LogP contribution >= 0.6 is 35.0 Å².